The fourth-order valence-electron chi connectivity index (χ4n) is 2.30. The number of carboxylic acid groups (broad SMARTS) is 1. The molecule has 0 saturated carbocycles. The molecule has 0 amide bonds. The maximum absolute atomic E-state index is 10.7. The highest BCUT2D eigenvalue weighted by Crippen LogP contribution is 2.22. The number of hydrogen-bond acceptors (Lipinski definition) is 2. The van der Waals surface area contributed by atoms with Crippen molar-refractivity contribution in [2.24, 2.45) is 0 Å². The van der Waals surface area contributed by atoms with Gasteiger partial charge in [-0.1, -0.05) is 25.1 Å². The van der Waals surface area contributed by atoms with Crippen LogP contribution in [0.15, 0.2) is 30.3 Å². The van der Waals surface area contributed by atoms with Crippen LogP contribution < -0.4 is 0 Å². The molecule has 0 radical (unpaired) electrons. The molecule has 0 fully saturated rings. The standard InChI is InChI=1S/C16H18N2O2/c1-4-13-7-5-6-8-15(13)18-12(3)14(11(2)17-18)9-10-16(19)20/h5-10H,4H2,1-3H3,(H,19,20)/b10-9+. The SMILES string of the molecule is CCc1ccccc1-n1nc(C)c(/C=C/C(=O)O)c1C. The van der Waals surface area contributed by atoms with Gasteiger partial charge in [-0.05, 0) is 38.0 Å². The molecular weight excluding hydrogens is 252 g/mol. The van der Waals surface area contributed by atoms with E-state index < -0.39 is 5.97 Å². The van der Waals surface area contributed by atoms with Crippen LogP contribution in [0.1, 0.15) is 29.4 Å². The lowest BCUT2D eigenvalue weighted by Gasteiger charge is -2.09. The summed E-state index contributed by atoms with van der Waals surface area (Å²) < 4.78 is 1.88. The van der Waals surface area contributed by atoms with Crippen molar-refractivity contribution in [3.63, 3.8) is 0 Å². The Bertz CT molecular complexity index is 669. The summed E-state index contributed by atoms with van der Waals surface area (Å²) in [7, 11) is 0. The molecule has 4 nitrogen and oxygen atoms in total. The quantitative estimate of drug-likeness (QED) is 0.868. The van der Waals surface area contributed by atoms with Gasteiger partial charge in [-0.2, -0.15) is 5.10 Å². The zero-order valence-corrected chi connectivity index (χ0v) is 11.9. The molecule has 0 spiro atoms. The molecule has 1 heterocycles. The zero-order valence-electron chi connectivity index (χ0n) is 11.9. The van der Waals surface area contributed by atoms with E-state index in [0.717, 1.165) is 35.1 Å². The number of hydrogen-bond donors (Lipinski definition) is 1. The minimum absolute atomic E-state index is 0.825. The highest BCUT2D eigenvalue weighted by molar-refractivity contribution is 5.85. The molecule has 1 aromatic heterocycles. The highest BCUT2D eigenvalue weighted by Gasteiger charge is 2.12. The number of para-hydroxylation sites is 1. The summed E-state index contributed by atoms with van der Waals surface area (Å²) in [6.07, 6.45) is 3.67. The van der Waals surface area contributed by atoms with Crippen LogP contribution in [0, 0.1) is 13.8 Å². The predicted octanol–water partition coefficient (Wildman–Crippen LogP) is 3.15. The van der Waals surface area contributed by atoms with Crippen molar-refractivity contribution < 1.29 is 9.90 Å². The minimum Gasteiger partial charge on any atom is -0.478 e. The molecule has 4 heteroatoms. The van der Waals surface area contributed by atoms with E-state index in [4.69, 9.17) is 5.11 Å². The summed E-state index contributed by atoms with van der Waals surface area (Å²) in [4.78, 5) is 10.7. The van der Waals surface area contributed by atoms with Crippen LogP contribution in [0.25, 0.3) is 11.8 Å². The van der Waals surface area contributed by atoms with Gasteiger partial charge in [-0.3, -0.25) is 0 Å². The lowest BCUT2D eigenvalue weighted by atomic mass is 10.1. The number of aliphatic carboxylic acids is 1. The number of nitrogens with zero attached hydrogens (tertiary/aromatic N) is 2. The van der Waals surface area contributed by atoms with Crippen molar-refractivity contribution in [2.45, 2.75) is 27.2 Å². The number of carbonyl (C=O) groups is 1. The minimum atomic E-state index is -0.953. The third-order valence-corrected chi connectivity index (χ3v) is 3.34. The zero-order chi connectivity index (χ0) is 14.7. The van der Waals surface area contributed by atoms with Crippen molar-refractivity contribution in [3.05, 3.63) is 52.9 Å². The number of rotatable bonds is 4. The first-order valence-electron chi connectivity index (χ1n) is 6.60. The second-order valence-electron chi connectivity index (χ2n) is 4.65. The Hall–Kier alpha value is -2.36. The third-order valence-electron chi connectivity index (χ3n) is 3.34. The Labute approximate surface area is 118 Å². The van der Waals surface area contributed by atoms with E-state index in [1.807, 2.05) is 36.7 Å². The summed E-state index contributed by atoms with van der Waals surface area (Å²) >= 11 is 0. The predicted molar refractivity (Wildman–Crippen MR) is 79.1 cm³/mol. The molecule has 20 heavy (non-hydrogen) atoms. The van der Waals surface area contributed by atoms with Crippen molar-refractivity contribution in [1.82, 2.24) is 9.78 Å². The fraction of sp³-hybridized carbons (Fsp3) is 0.250. The second-order valence-corrected chi connectivity index (χ2v) is 4.65. The molecule has 104 valence electrons. The first-order chi connectivity index (χ1) is 9.54. The van der Waals surface area contributed by atoms with Gasteiger partial charge in [0.15, 0.2) is 0 Å². The van der Waals surface area contributed by atoms with E-state index >= 15 is 0 Å². The van der Waals surface area contributed by atoms with Crippen LogP contribution in [-0.4, -0.2) is 20.9 Å². The Balaban J connectivity index is 2.54. The van der Waals surface area contributed by atoms with Crippen molar-refractivity contribution in [2.75, 3.05) is 0 Å². The number of benzene rings is 1. The average molecular weight is 270 g/mol. The molecule has 2 rings (SSSR count). The first-order valence-corrected chi connectivity index (χ1v) is 6.60. The van der Waals surface area contributed by atoms with E-state index in [2.05, 4.69) is 18.1 Å². The first kappa shape index (κ1) is 14.1. The topological polar surface area (TPSA) is 55.1 Å². The van der Waals surface area contributed by atoms with Crippen LogP contribution in [-0.2, 0) is 11.2 Å². The van der Waals surface area contributed by atoms with Gasteiger partial charge in [-0.15, -0.1) is 0 Å². The Morgan fingerprint density at radius 1 is 1.35 bits per heavy atom. The van der Waals surface area contributed by atoms with Crippen LogP contribution in [0.4, 0.5) is 0 Å². The lowest BCUT2D eigenvalue weighted by molar-refractivity contribution is -0.131. The fourth-order valence-corrected chi connectivity index (χ4v) is 2.30. The van der Waals surface area contributed by atoms with Gasteiger partial charge in [0.05, 0.1) is 11.4 Å². The summed E-state index contributed by atoms with van der Waals surface area (Å²) in [5.74, 6) is -0.953. The largest absolute Gasteiger partial charge is 0.478 e. The smallest absolute Gasteiger partial charge is 0.328 e. The van der Waals surface area contributed by atoms with Crippen molar-refractivity contribution >= 4 is 12.0 Å². The normalized spacial score (nSPS) is 11.2. The van der Waals surface area contributed by atoms with Crippen LogP contribution in [0.2, 0.25) is 0 Å². The van der Waals surface area contributed by atoms with Crippen LogP contribution >= 0.6 is 0 Å². The van der Waals surface area contributed by atoms with Gasteiger partial charge in [0.1, 0.15) is 0 Å². The molecule has 0 bridgehead atoms. The Morgan fingerprint density at radius 2 is 2.05 bits per heavy atom. The molecule has 0 aliphatic heterocycles. The van der Waals surface area contributed by atoms with E-state index in [9.17, 15) is 4.79 Å². The van der Waals surface area contributed by atoms with Gasteiger partial charge >= 0.3 is 5.97 Å². The van der Waals surface area contributed by atoms with E-state index in [1.54, 1.807) is 6.08 Å². The monoisotopic (exact) mass is 270 g/mol. The van der Waals surface area contributed by atoms with E-state index in [0.29, 0.717) is 0 Å². The molecule has 0 aliphatic carbocycles. The average Bonchev–Trinajstić information content (AvgIpc) is 2.71. The molecule has 1 N–H and O–H groups in total. The Kier molecular flexibility index (Phi) is 4.03. The van der Waals surface area contributed by atoms with E-state index in [-0.39, 0.29) is 0 Å². The summed E-state index contributed by atoms with van der Waals surface area (Å²) in [6.45, 7) is 5.95. The van der Waals surface area contributed by atoms with Gasteiger partial charge in [-0.25, -0.2) is 9.48 Å². The molecule has 0 unspecified atom stereocenters. The maximum Gasteiger partial charge on any atom is 0.328 e. The van der Waals surface area contributed by atoms with Crippen LogP contribution in [0.3, 0.4) is 0 Å². The molecular formula is C16H18N2O2. The molecule has 0 aliphatic rings. The highest BCUT2D eigenvalue weighted by atomic mass is 16.4. The summed E-state index contributed by atoms with van der Waals surface area (Å²) in [5, 5.41) is 13.3. The van der Waals surface area contributed by atoms with Crippen molar-refractivity contribution in [1.29, 1.82) is 0 Å². The van der Waals surface area contributed by atoms with Gasteiger partial charge in [0, 0.05) is 17.3 Å². The van der Waals surface area contributed by atoms with Gasteiger partial charge in [0.2, 0.25) is 0 Å². The molecule has 1 aromatic carbocycles. The number of aryl methyl sites for hydroxylation is 2. The lowest BCUT2D eigenvalue weighted by Crippen LogP contribution is -2.02. The summed E-state index contributed by atoms with van der Waals surface area (Å²) in [6, 6.07) is 8.11. The molecule has 2 aromatic rings. The number of carboxylic acids is 1. The summed E-state index contributed by atoms with van der Waals surface area (Å²) in [5.41, 5.74) is 4.89. The van der Waals surface area contributed by atoms with E-state index in [1.165, 1.54) is 5.56 Å². The van der Waals surface area contributed by atoms with Crippen molar-refractivity contribution in [3.8, 4) is 5.69 Å². The third kappa shape index (κ3) is 2.64. The molecule has 0 atom stereocenters. The molecule has 0 saturated heterocycles. The van der Waals surface area contributed by atoms with Gasteiger partial charge in [0.25, 0.3) is 0 Å². The second kappa shape index (κ2) is 5.74. The Morgan fingerprint density at radius 3 is 2.70 bits per heavy atom. The maximum atomic E-state index is 10.7. The van der Waals surface area contributed by atoms with Gasteiger partial charge < -0.3 is 5.11 Å². The number of aromatic nitrogens is 2. The van der Waals surface area contributed by atoms with Crippen LogP contribution in [0.5, 0.6) is 0 Å².